The van der Waals surface area contributed by atoms with Crippen LogP contribution in [0.5, 0.6) is 0 Å². The quantitative estimate of drug-likeness (QED) is 0.789. The number of nitrogens with one attached hydrogen (secondary N) is 1. The van der Waals surface area contributed by atoms with Gasteiger partial charge in [-0.3, -0.25) is 0 Å². The second-order valence-corrected chi connectivity index (χ2v) is 6.64. The first-order valence-electron chi connectivity index (χ1n) is 7.59. The third kappa shape index (κ3) is 3.58. The van der Waals surface area contributed by atoms with E-state index in [0.717, 1.165) is 24.3 Å². The molecule has 1 aromatic rings. The molecule has 0 bridgehead atoms. The lowest BCUT2D eigenvalue weighted by Gasteiger charge is -2.36. The van der Waals surface area contributed by atoms with Gasteiger partial charge in [0.25, 0.3) is 0 Å². The maximum Gasteiger partial charge on any atom is 0.00795 e. The van der Waals surface area contributed by atoms with Crippen LogP contribution in [0.15, 0.2) is 17.5 Å². The van der Waals surface area contributed by atoms with Gasteiger partial charge in [-0.1, -0.05) is 39.2 Å². The molecular formula is C16H27NS. The van der Waals surface area contributed by atoms with Crippen molar-refractivity contribution in [3.63, 3.8) is 0 Å². The summed E-state index contributed by atoms with van der Waals surface area (Å²) in [6.45, 7) is 6.84. The second kappa shape index (κ2) is 7.30. The van der Waals surface area contributed by atoms with E-state index in [0.29, 0.717) is 0 Å². The molecule has 2 rings (SSSR count). The smallest absolute Gasteiger partial charge is 0.00795 e. The summed E-state index contributed by atoms with van der Waals surface area (Å²) in [6, 6.07) is 4.57. The van der Waals surface area contributed by atoms with Crippen molar-refractivity contribution in [3.05, 3.63) is 22.4 Å². The molecular weight excluding hydrogens is 238 g/mol. The Morgan fingerprint density at radius 1 is 1.33 bits per heavy atom. The Morgan fingerprint density at radius 2 is 2.22 bits per heavy atom. The monoisotopic (exact) mass is 265 g/mol. The standard InChI is InChI=1S/C16H27NS/c1-3-6-13-8-9-14(12-17-4-2)15(11-13)16-7-5-10-18-16/h5,7,10,13-15,17H,3-4,6,8-9,11-12H2,1-2H3. The van der Waals surface area contributed by atoms with Crippen molar-refractivity contribution < 1.29 is 0 Å². The first kappa shape index (κ1) is 14.1. The molecule has 1 aliphatic rings. The molecule has 1 heterocycles. The Morgan fingerprint density at radius 3 is 2.89 bits per heavy atom. The zero-order chi connectivity index (χ0) is 12.8. The number of rotatable bonds is 6. The van der Waals surface area contributed by atoms with Crippen molar-refractivity contribution in [3.8, 4) is 0 Å². The lowest BCUT2D eigenvalue weighted by molar-refractivity contribution is 0.223. The molecule has 3 atom stereocenters. The van der Waals surface area contributed by atoms with E-state index in [2.05, 4.69) is 36.7 Å². The molecule has 1 fully saturated rings. The maximum absolute atomic E-state index is 3.56. The Kier molecular flexibility index (Phi) is 5.71. The van der Waals surface area contributed by atoms with Crippen LogP contribution in [0, 0.1) is 11.8 Å². The molecule has 2 heteroatoms. The van der Waals surface area contributed by atoms with Crippen LogP contribution in [0.3, 0.4) is 0 Å². The fourth-order valence-corrected chi connectivity index (χ4v) is 4.35. The zero-order valence-corrected chi connectivity index (χ0v) is 12.6. The third-order valence-electron chi connectivity index (χ3n) is 4.36. The molecule has 0 radical (unpaired) electrons. The average Bonchev–Trinajstić information content (AvgIpc) is 2.91. The Hall–Kier alpha value is -0.340. The van der Waals surface area contributed by atoms with Crippen molar-refractivity contribution in [2.75, 3.05) is 13.1 Å². The lowest BCUT2D eigenvalue weighted by atomic mass is 9.72. The highest BCUT2D eigenvalue weighted by Gasteiger charge is 2.31. The molecule has 102 valence electrons. The summed E-state index contributed by atoms with van der Waals surface area (Å²) in [7, 11) is 0. The number of thiophene rings is 1. The van der Waals surface area contributed by atoms with Gasteiger partial charge in [0.1, 0.15) is 0 Å². The van der Waals surface area contributed by atoms with E-state index < -0.39 is 0 Å². The van der Waals surface area contributed by atoms with Crippen LogP contribution >= 0.6 is 11.3 Å². The summed E-state index contributed by atoms with van der Waals surface area (Å²) < 4.78 is 0. The van der Waals surface area contributed by atoms with Gasteiger partial charge in [0.15, 0.2) is 0 Å². The van der Waals surface area contributed by atoms with E-state index in [1.807, 2.05) is 11.3 Å². The van der Waals surface area contributed by atoms with Gasteiger partial charge in [0.05, 0.1) is 0 Å². The normalized spacial score (nSPS) is 28.4. The predicted molar refractivity (Wildman–Crippen MR) is 81.3 cm³/mol. The molecule has 0 aromatic carbocycles. The summed E-state index contributed by atoms with van der Waals surface area (Å²) in [5.74, 6) is 2.64. The Balaban J connectivity index is 2.01. The topological polar surface area (TPSA) is 12.0 Å². The summed E-state index contributed by atoms with van der Waals surface area (Å²) in [5.41, 5.74) is 0. The minimum absolute atomic E-state index is 0.814. The molecule has 1 saturated carbocycles. The van der Waals surface area contributed by atoms with Gasteiger partial charge in [-0.2, -0.15) is 0 Å². The average molecular weight is 265 g/mol. The van der Waals surface area contributed by atoms with Crippen molar-refractivity contribution >= 4 is 11.3 Å². The SMILES string of the molecule is CCCC1CCC(CNCC)C(c2cccs2)C1. The highest BCUT2D eigenvalue weighted by atomic mass is 32.1. The van der Waals surface area contributed by atoms with E-state index in [1.54, 1.807) is 4.88 Å². The van der Waals surface area contributed by atoms with Crippen molar-refractivity contribution in [2.45, 2.75) is 51.9 Å². The van der Waals surface area contributed by atoms with Crippen LogP contribution in [0.4, 0.5) is 0 Å². The molecule has 1 aliphatic carbocycles. The van der Waals surface area contributed by atoms with E-state index >= 15 is 0 Å². The van der Waals surface area contributed by atoms with E-state index in [4.69, 9.17) is 0 Å². The summed E-state index contributed by atoms with van der Waals surface area (Å²) in [4.78, 5) is 1.62. The van der Waals surface area contributed by atoms with Crippen molar-refractivity contribution in [2.24, 2.45) is 11.8 Å². The van der Waals surface area contributed by atoms with Crippen LogP contribution in [0.1, 0.15) is 56.7 Å². The minimum Gasteiger partial charge on any atom is -0.317 e. The van der Waals surface area contributed by atoms with E-state index in [-0.39, 0.29) is 0 Å². The number of hydrogen-bond donors (Lipinski definition) is 1. The summed E-state index contributed by atoms with van der Waals surface area (Å²) in [5, 5.41) is 5.80. The second-order valence-electron chi connectivity index (χ2n) is 5.66. The van der Waals surface area contributed by atoms with Gasteiger partial charge in [0.2, 0.25) is 0 Å². The molecule has 1 aromatic heterocycles. The minimum atomic E-state index is 0.814. The third-order valence-corrected chi connectivity index (χ3v) is 5.37. The van der Waals surface area contributed by atoms with Gasteiger partial charge in [-0.25, -0.2) is 0 Å². The highest BCUT2D eigenvalue weighted by molar-refractivity contribution is 7.10. The van der Waals surface area contributed by atoms with Gasteiger partial charge in [-0.15, -0.1) is 11.3 Å². The molecule has 1 nitrogen and oxygen atoms in total. The predicted octanol–water partition coefficient (Wildman–Crippen LogP) is 4.66. The Bertz CT molecular complexity index is 320. The number of hydrogen-bond acceptors (Lipinski definition) is 2. The summed E-state index contributed by atoms with van der Waals surface area (Å²) >= 11 is 1.96. The van der Waals surface area contributed by atoms with Gasteiger partial charge < -0.3 is 5.32 Å². The molecule has 1 N–H and O–H groups in total. The largest absolute Gasteiger partial charge is 0.317 e. The zero-order valence-electron chi connectivity index (χ0n) is 11.8. The van der Waals surface area contributed by atoms with Crippen molar-refractivity contribution in [1.29, 1.82) is 0 Å². The van der Waals surface area contributed by atoms with Gasteiger partial charge in [0, 0.05) is 4.88 Å². The lowest BCUT2D eigenvalue weighted by Crippen LogP contribution is -2.31. The first-order chi connectivity index (χ1) is 8.85. The van der Waals surface area contributed by atoms with Crippen molar-refractivity contribution in [1.82, 2.24) is 5.32 Å². The molecule has 0 amide bonds. The fraction of sp³-hybridized carbons (Fsp3) is 0.750. The molecule has 0 spiro atoms. The van der Waals surface area contributed by atoms with Gasteiger partial charge in [-0.05, 0) is 55.1 Å². The first-order valence-corrected chi connectivity index (χ1v) is 8.47. The molecule has 0 aliphatic heterocycles. The Labute approximate surface area is 116 Å². The molecule has 18 heavy (non-hydrogen) atoms. The van der Waals surface area contributed by atoms with E-state index in [1.165, 1.54) is 38.6 Å². The van der Waals surface area contributed by atoms with Crippen LogP contribution < -0.4 is 5.32 Å². The van der Waals surface area contributed by atoms with Crippen LogP contribution in [0.2, 0.25) is 0 Å². The maximum atomic E-state index is 3.56. The fourth-order valence-electron chi connectivity index (χ4n) is 3.42. The van der Waals surface area contributed by atoms with E-state index in [9.17, 15) is 0 Å². The van der Waals surface area contributed by atoms with Crippen LogP contribution in [-0.4, -0.2) is 13.1 Å². The summed E-state index contributed by atoms with van der Waals surface area (Å²) in [6.07, 6.45) is 7.06. The van der Waals surface area contributed by atoms with Crippen LogP contribution in [-0.2, 0) is 0 Å². The molecule has 0 saturated heterocycles. The highest BCUT2D eigenvalue weighted by Crippen LogP contribution is 2.43. The van der Waals surface area contributed by atoms with Gasteiger partial charge >= 0.3 is 0 Å². The molecule has 3 unspecified atom stereocenters. The van der Waals surface area contributed by atoms with Crippen LogP contribution in [0.25, 0.3) is 0 Å².